The molecule has 1 heterocycles. The van der Waals surface area contributed by atoms with Crippen LogP contribution in [0.25, 0.3) is 0 Å². The molecule has 0 saturated heterocycles. The fraction of sp³-hybridized carbons (Fsp3) is 0.250. The summed E-state index contributed by atoms with van der Waals surface area (Å²) in [4.78, 5) is 11.1. The summed E-state index contributed by atoms with van der Waals surface area (Å²) in [7, 11) is 1.84. The van der Waals surface area contributed by atoms with Crippen molar-refractivity contribution in [2.45, 2.75) is 4.90 Å². The van der Waals surface area contributed by atoms with Gasteiger partial charge in [0.1, 0.15) is 0 Å². The van der Waals surface area contributed by atoms with E-state index in [1.807, 2.05) is 13.2 Å². The van der Waals surface area contributed by atoms with Crippen molar-refractivity contribution < 1.29 is 9.90 Å². The zero-order valence-electron chi connectivity index (χ0n) is 7.17. The van der Waals surface area contributed by atoms with E-state index >= 15 is 0 Å². The molecule has 0 amide bonds. The normalized spacial score (nSPS) is 10.8. The minimum atomic E-state index is -0.910. The van der Waals surface area contributed by atoms with Gasteiger partial charge in [-0.15, -0.1) is 11.8 Å². The third-order valence-corrected chi connectivity index (χ3v) is 2.19. The minimum Gasteiger partial charge on any atom is -0.478 e. The summed E-state index contributed by atoms with van der Waals surface area (Å²) in [6, 6.07) is 0. The molecule has 0 aliphatic carbocycles. The minimum absolute atomic E-state index is 0.651. The highest BCUT2D eigenvalue weighted by atomic mass is 32.2. The summed E-state index contributed by atoms with van der Waals surface area (Å²) in [6.07, 6.45) is 6.39. The van der Waals surface area contributed by atoms with E-state index in [4.69, 9.17) is 5.11 Å². The van der Waals surface area contributed by atoms with Crippen molar-refractivity contribution in [3.63, 3.8) is 0 Å². The second-order valence-electron chi connectivity index (χ2n) is 2.40. The number of thioether (sulfide) groups is 1. The molecular weight excluding hydrogens is 188 g/mol. The van der Waals surface area contributed by atoms with E-state index in [0.29, 0.717) is 5.75 Å². The largest absolute Gasteiger partial charge is 0.478 e. The third kappa shape index (κ3) is 3.80. The fourth-order valence-electron chi connectivity index (χ4n) is 0.767. The Labute approximate surface area is 80.3 Å². The molecule has 0 radical (unpaired) electrons. The Balaban J connectivity index is 2.31. The van der Waals surface area contributed by atoms with Gasteiger partial charge in [-0.05, 0) is 0 Å². The lowest BCUT2D eigenvalue weighted by molar-refractivity contribution is -0.131. The molecule has 13 heavy (non-hydrogen) atoms. The van der Waals surface area contributed by atoms with E-state index < -0.39 is 5.97 Å². The van der Waals surface area contributed by atoms with Crippen molar-refractivity contribution in [1.82, 2.24) is 9.78 Å². The van der Waals surface area contributed by atoms with Gasteiger partial charge in [-0.2, -0.15) is 5.10 Å². The van der Waals surface area contributed by atoms with Crippen LogP contribution in [0, 0.1) is 0 Å². The molecule has 1 rings (SSSR count). The van der Waals surface area contributed by atoms with E-state index in [9.17, 15) is 4.79 Å². The Bertz CT molecular complexity index is 320. The van der Waals surface area contributed by atoms with Crippen LogP contribution in [-0.4, -0.2) is 26.6 Å². The standard InChI is InChI=1S/C8H10N2O2S/c1-10-6-7(5-9-10)13-4-2-3-8(11)12/h2-3,5-6H,4H2,1H3,(H,11,12). The Kier molecular flexibility index (Phi) is 3.57. The lowest BCUT2D eigenvalue weighted by Gasteiger charge is -1.89. The number of aromatic nitrogens is 2. The molecule has 0 spiro atoms. The lowest BCUT2D eigenvalue weighted by Crippen LogP contribution is -1.86. The maximum atomic E-state index is 10.1. The van der Waals surface area contributed by atoms with Crippen molar-refractivity contribution >= 4 is 17.7 Å². The average molecular weight is 198 g/mol. The fourth-order valence-corrected chi connectivity index (χ4v) is 1.50. The van der Waals surface area contributed by atoms with Gasteiger partial charge in [0.05, 0.1) is 6.20 Å². The third-order valence-electron chi connectivity index (χ3n) is 1.29. The molecular formula is C8H10N2O2S. The summed E-state index contributed by atoms with van der Waals surface area (Å²) in [5, 5.41) is 12.3. The lowest BCUT2D eigenvalue weighted by atomic mass is 10.5. The summed E-state index contributed by atoms with van der Waals surface area (Å²) in [6.45, 7) is 0. The first-order valence-electron chi connectivity index (χ1n) is 3.69. The second-order valence-corrected chi connectivity index (χ2v) is 3.49. The first-order valence-corrected chi connectivity index (χ1v) is 4.68. The highest BCUT2D eigenvalue weighted by Crippen LogP contribution is 2.15. The molecule has 1 aromatic heterocycles. The topological polar surface area (TPSA) is 55.1 Å². The van der Waals surface area contributed by atoms with E-state index in [0.717, 1.165) is 11.0 Å². The van der Waals surface area contributed by atoms with Gasteiger partial charge in [0.15, 0.2) is 0 Å². The van der Waals surface area contributed by atoms with E-state index in [1.54, 1.807) is 28.7 Å². The number of nitrogens with zero attached hydrogens (tertiary/aromatic N) is 2. The number of carboxylic acids is 1. The number of hydrogen-bond acceptors (Lipinski definition) is 3. The SMILES string of the molecule is Cn1cc(SCC=CC(=O)O)cn1. The average Bonchev–Trinajstić information content (AvgIpc) is 2.45. The summed E-state index contributed by atoms with van der Waals surface area (Å²) >= 11 is 1.55. The van der Waals surface area contributed by atoms with E-state index in [2.05, 4.69) is 5.10 Å². The van der Waals surface area contributed by atoms with Gasteiger partial charge in [0, 0.05) is 30.0 Å². The van der Waals surface area contributed by atoms with Crippen LogP contribution in [0.3, 0.4) is 0 Å². The van der Waals surface area contributed by atoms with Crippen LogP contribution in [-0.2, 0) is 11.8 Å². The molecule has 0 unspecified atom stereocenters. The highest BCUT2D eigenvalue weighted by Gasteiger charge is 1.94. The van der Waals surface area contributed by atoms with Gasteiger partial charge < -0.3 is 5.11 Å². The Morgan fingerprint density at radius 2 is 2.62 bits per heavy atom. The van der Waals surface area contributed by atoms with Crippen LogP contribution >= 0.6 is 11.8 Å². The van der Waals surface area contributed by atoms with Gasteiger partial charge in [0.25, 0.3) is 0 Å². The van der Waals surface area contributed by atoms with Gasteiger partial charge in [-0.25, -0.2) is 4.79 Å². The number of aryl methyl sites for hydroxylation is 1. The second kappa shape index (κ2) is 4.71. The highest BCUT2D eigenvalue weighted by molar-refractivity contribution is 7.99. The maximum Gasteiger partial charge on any atom is 0.328 e. The van der Waals surface area contributed by atoms with Crippen molar-refractivity contribution in [3.05, 3.63) is 24.5 Å². The van der Waals surface area contributed by atoms with Crippen LogP contribution in [0.4, 0.5) is 0 Å². The quantitative estimate of drug-likeness (QED) is 0.582. The molecule has 70 valence electrons. The Hall–Kier alpha value is -1.23. The van der Waals surface area contributed by atoms with Crippen LogP contribution < -0.4 is 0 Å². The van der Waals surface area contributed by atoms with Crippen molar-refractivity contribution in [2.24, 2.45) is 7.05 Å². The number of hydrogen-bond donors (Lipinski definition) is 1. The Morgan fingerprint density at radius 1 is 1.85 bits per heavy atom. The first-order chi connectivity index (χ1) is 6.18. The van der Waals surface area contributed by atoms with E-state index in [1.165, 1.54) is 0 Å². The summed E-state index contributed by atoms with van der Waals surface area (Å²) < 4.78 is 1.71. The molecule has 0 aliphatic rings. The van der Waals surface area contributed by atoms with Crippen LogP contribution in [0.15, 0.2) is 29.4 Å². The predicted molar refractivity (Wildman–Crippen MR) is 50.7 cm³/mol. The number of aliphatic carboxylic acids is 1. The van der Waals surface area contributed by atoms with Crippen LogP contribution in [0.2, 0.25) is 0 Å². The van der Waals surface area contributed by atoms with E-state index in [-0.39, 0.29) is 0 Å². The smallest absolute Gasteiger partial charge is 0.328 e. The zero-order chi connectivity index (χ0) is 9.68. The monoisotopic (exact) mass is 198 g/mol. The molecule has 0 saturated carbocycles. The van der Waals surface area contributed by atoms with Crippen molar-refractivity contribution in [1.29, 1.82) is 0 Å². The molecule has 4 nitrogen and oxygen atoms in total. The molecule has 0 bridgehead atoms. The molecule has 1 aromatic rings. The maximum absolute atomic E-state index is 10.1. The van der Waals surface area contributed by atoms with Crippen molar-refractivity contribution in [2.75, 3.05) is 5.75 Å². The number of carboxylic acid groups (broad SMARTS) is 1. The molecule has 0 aromatic carbocycles. The number of carbonyl (C=O) groups is 1. The predicted octanol–water partition coefficient (Wildman–Crippen LogP) is 1.15. The van der Waals surface area contributed by atoms with Gasteiger partial charge in [0.2, 0.25) is 0 Å². The van der Waals surface area contributed by atoms with Crippen LogP contribution in [0.5, 0.6) is 0 Å². The number of rotatable bonds is 4. The van der Waals surface area contributed by atoms with Gasteiger partial charge >= 0.3 is 5.97 Å². The van der Waals surface area contributed by atoms with Crippen molar-refractivity contribution in [3.8, 4) is 0 Å². The molecule has 0 fully saturated rings. The first kappa shape index (κ1) is 9.85. The molecule has 0 atom stereocenters. The molecule has 5 heteroatoms. The van der Waals surface area contributed by atoms with Gasteiger partial charge in [-0.3, -0.25) is 4.68 Å². The molecule has 1 N–H and O–H groups in total. The summed E-state index contributed by atoms with van der Waals surface area (Å²) in [5.74, 6) is -0.260. The molecule has 0 aliphatic heterocycles. The zero-order valence-corrected chi connectivity index (χ0v) is 7.99. The van der Waals surface area contributed by atoms with Crippen LogP contribution in [0.1, 0.15) is 0 Å². The Morgan fingerprint density at radius 3 is 3.15 bits per heavy atom. The van der Waals surface area contributed by atoms with Gasteiger partial charge in [-0.1, -0.05) is 6.08 Å². The summed E-state index contributed by atoms with van der Waals surface area (Å²) in [5.41, 5.74) is 0.